The Morgan fingerprint density at radius 2 is 1.68 bits per heavy atom. The van der Waals surface area contributed by atoms with E-state index in [0.29, 0.717) is 34.0 Å². The maximum absolute atomic E-state index is 14.5. The quantitative estimate of drug-likeness (QED) is 0.208. The molecule has 4 rings (SSSR count). The first-order chi connectivity index (χ1) is 16.3. The molecular weight excluding hydrogens is 503 g/mol. The van der Waals surface area contributed by atoms with Crippen LogP contribution in [-0.4, -0.2) is 29.0 Å². The number of thiazole rings is 1. The van der Waals surface area contributed by atoms with E-state index in [9.17, 15) is 13.2 Å². The van der Waals surface area contributed by atoms with Crippen molar-refractivity contribution in [3.63, 3.8) is 0 Å². The first kappa shape index (κ1) is 25.8. The van der Waals surface area contributed by atoms with Gasteiger partial charge in [-0.3, -0.25) is 0 Å². The summed E-state index contributed by atoms with van der Waals surface area (Å²) in [6.45, 7) is 4.00. The van der Waals surface area contributed by atoms with E-state index in [0.717, 1.165) is 17.0 Å². The highest BCUT2D eigenvalue weighted by Crippen LogP contribution is 2.40. The van der Waals surface area contributed by atoms with E-state index in [-0.39, 0.29) is 15.9 Å². The molecule has 0 saturated carbocycles. The number of nitrogens with zero attached hydrogens (tertiary/aromatic N) is 4. The van der Waals surface area contributed by atoms with Crippen LogP contribution in [0.2, 0.25) is 5.28 Å². The molecule has 0 aliphatic carbocycles. The van der Waals surface area contributed by atoms with E-state index in [1.165, 1.54) is 29.5 Å². The van der Waals surface area contributed by atoms with Crippen molar-refractivity contribution in [2.24, 2.45) is 0 Å². The van der Waals surface area contributed by atoms with Crippen LogP contribution in [0.4, 0.5) is 24.0 Å². The zero-order chi connectivity index (χ0) is 24.8. The van der Waals surface area contributed by atoms with E-state index < -0.39 is 17.5 Å². The molecule has 0 amide bonds. The minimum atomic E-state index is -0.739. The standard InChI is InChI=1S/C21H15ClF3N5S2.C2H6/c1-30(2)21-28-17(19(31-21)15-8-9-26-20(22)27-15)11-6-7-12(23)16(10-11)29-32-18-13(24)4-3-5-14(18)25;1-2/h3-10,29H,1-2H3;1-2H3. The normalized spacial score (nSPS) is 10.5. The van der Waals surface area contributed by atoms with Crippen molar-refractivity contribution in [2.45, 2.75) is 18.7 Å². The van der Waals surface area contributed by atoms with Gasteiger partial charge in [-0.2, -0.15) is 0 Å². The molecule has 2 aromatic carbocycles. The van der Waals surface area contributed by atoms with Crippen molar-refractivity contribution in [1.29, 1.82) is 0 Å². The predicted octanol–water partition coefficient (Wildman–Crippen LogP) is 7.55. The molecule has 4 aromatic rings. The molecule has 0 aliphatic rings. The van der Waals surface area contributed by atoms with E-state index >= 15 is 0 Å². The van der Waals surface area contributed by atoms with Gasteiger partial charge < -0.3 is 9.62 Å². The fourth-order valence-corrected chi connectivity index (χ4v) is 4.60. The second kappa shape index (κ2) is 11.5. The zero-order valence-corrected chi connectivity index (χ0v) is 21.1. The lowest BCUT2D eigenvalue weighted by atomic mass is 10.1. The monoisotopic (exact) mass is 523 g/mol. The van der Waals surface area contributed by atoms with Crippen LogP contribution in [0.25, 0.3) is 21.8 Å². The van der Waals surface area contributed by atoms with Gasteiger partial charge in [-0.15, -0.1) is 0 Å². The summed E-state index contributed by atoms with van der Waals surface area (Å²) in [6.07, 6.45) is 1.54. The second-order valence-electron chi connectivity index (χ2n) is 6.73. The lowest BCUT2D eigenvalue weighted by Crippen LogP contribution is -2.07. The van der Waals surface area contributed by atoms with Crippen molar-refractivity contribution >= 4 is 45.7 Å². The van der Waals surface area contributed by atoms with Crippen LogP contribution in [0, 0.1) is 17.5 Å². The Kier molecular flexibility index (Phi) is 8.76. The maximum atomic E-state index is 14.5. The number of benzene rings is 2. The Balaban J connectivity index is 0.00000158. The smallest absolute Gasteiger partial charge is 0.222 e. The summed E-state index contributed by atoms with van der Waals surface area (Å²) in [6, 6.07) is 9.62. The number of rotatable bonds is 6. The molecule has 0 atom stereocenters. The molecule has 0 radical (unpaired) electrons. The fraction of sp³-hybridized carbons (Fsp3) is 0.174. The van der Waals surface area contributed by atoms with Crippen molar-refractivity contribution in [1.82, 2.24) is 15.0 Å². The van der Waals surface area contributed by atoms with Crippen LogP contribution in [0.5, 0.6) is 0 Å². The minimum absolute atomic E-state index is 0.0567. The zero-order valence-electron chi connectivity index (χ0n) is 18.7. The van der Waals surface area contributed by atoms with E-state index in [4.69, 9.17) is 11.6 Å². The predicted molar refractivity (Wildman–Crippen MR) is 135 cm³/mol. The molecule has 11 heteroatoms. The van der Waals surface area contributed by atoms with Crippen molar-refractivity contribution in [2.75, 3.05) is 23.7 Å². The van der Waals surface area contributed by atoms with E-state index in [1.54, 1.807) is 18.3 Å². The molecular formula is C23H21ClF3N5S2. The molecule has 178 valence electrons. The Hall–Kier alpha value is -2.82. The van der Waals surface area contributed by atoms with Gasteiger partial charge in [0.25, 0.3) is 0 Å². The largest absolute Gasteiger partial charge is 0.354 e. The van der Waals surface area contributed by atoms with Gasteiger partial charge in [0.15, 0.2) is 5.13 Å². The van der Waals surface area contributed by atoms with E-state index in [2.05, 4.69) is 19.7 Å². The van der Waals surface area contributed by atoms with Crippen LogP contribution >= 0.6 is 34.9 Å². The molecule has 0 bridgehead atoms. The van der Waals surface area contributed by atoms with Crippen molar-refractivity contribution < 1.29 is 13.2 Å². The third-order valence-corrected chi connectivity index (χ3v) is 6.62. The van der Waals surface area contributed by atoms with Gasteiger partial charge in [0.05, 0.1) is 26.8 Å². The average molecular weight is 524 g/mol. The summed E-state index contributed by atoms with van der Waals surface area (Å²) in [4.78, 5) is 15.2. The summed E-state index contributed by atoms with van der Waals surface area (Å²) in [5.74, 6) is -2.05. The third kappa shape index (κ3) is 5.81. The van der Waals surface area contributed by atoms with Gasteiger partial charge in [-0.1, -0.05) is 31.3 Å². The summed E-state index contributed by atoms with van der Waals surface area (Å²) in [5.41, 5.74) is 1.80. The van der Waals surface area contributed by atoms with Gasteiger partial charge in [-0.05, 0) is 59.9 Å². The molecule has 0 fully saturated rings. The molecule has 0 saturated heterocycles. The Labute approximate surface area is 209 Å². The summed E-state index contributed by atoms with van der Waals surface area (Å²) in [5, 5.41) is 0.810. The van der Waals surface area contributed by atoms with Crippen LogP contribution in [0.3, 0.4) is 0 Å². The summed E-state index contributed by atoms with van der Waals surface area (Å²) in [7, 11) is 3.72. The van der Waals surface area contributed by atoms with Gasteiger partial charge in [0.2, 0.25) is 5.28 Å². The summed E-state index contributed by atoms with van der Waals surface area (Å²) >= 11 is 8.01. The number of anilines is 2. The third-order valence-electron chi connectivity index (χ3n) is 4.28. The average Bonchev–Trinajstić information content (AvgIpc) is 3.27. The van der Waals surface area contributed by atoms with Gasteiger partial charge >= 0.3 is 0 Å². The van der Waals surface area contributed by atoms with Crippen molar-refractivity contribution in [3.05, 3.63) is 71.4 Å². The molecule has 1 N–H and O–H groups in total. The number of aromatic nitrogens is 3. The molecule has 34 heavy (non-hydrogen) atoms. The molecule has 0 unspecified atom stereocenters. The maximum Gasteiger partial charge on any atom is 0.222 e. The van der Waals surface area contributed by atoms with Crippen LogP contribution in [0.15, 0.2) is 53.6 Å². The highest BCUT2D eigenvalue weighted by Gasteiger charge is 2.19. The van der Waals surface area contributed by atoms with Gasteiger partial charge in [0, 0.05) is 25.9 Å². The molecule has 0 aliphatic heterocycles. The Morgan fingerprint density at radius 1 is 0.971 bits per heavy atom. The van der Waals surface area contributed by atoms with Crippen molar-refractivity contribution in [3.8, 4) is 21.8 Å². The number of hydrogen-bond acceptors (Lipinski definition) is 7. The summed E-state index contributed by atoms with van der Waals surface area (Å²) < 4.78 is 45.0. The van der Waals surface area contributed by atoms with Gasteiger partial charge in [-0.25, -0.2) is 28.1 Å². The highest BCUT2D eigenvalue weighted by atomic mass is 35.5. The first-order valence-corrected chi connectivity index (χ1v) is 12.2. The number of halogens is 4. The molecule has 2 aromatic heterocycles. The minimum Gasteiger partial charge on any atom is -0.354 e. The van der Waals surface area contributed by atoms with E-state index in [1.807, 2.05) is 32.8 Å². The molecule has 0 spiro atoms. The highest BCUT2D eigenvalue weighted by molar-refractivity contribution is 8.00. The number of hydrogen-bond donors (Lipinski definition) is 1. The lowest BCUT2D eigenvalue weighted by molar-refractivity contribution is 0.541. The topological polar surface area (TPSA) is 53.9 Å². The number of nitrogens with one attached hydrogen (secondary N) is 1. The lowest BCUT2D eigenvalue weighted by Gasteiger charge is -2.10. The Bertz CT molecular complexity index is 1260. The first-order valence-electron chi connectivity index (χ1n) is 10.2. The second-order valence-corrected chi connectivity index (χ2v) is 8.86. The fourth-order valence-electron chi connectivity index (χ4n) is 2.77. The Morgan fingerprint density at radius 3 is 2.32 bits per heavy atom. The van der Waals surface area contributed by atoms with Gasteiger partial charge in [0.1, 0.15) is 17.5 Å². The SMILES string of the molecule is CC.CN(C)c1nc(-c2ccc(F)c(NSc3c(F)cccc3F)c2)c(-c2ccnc(Cl)n2)s1. The van der Waals surface area contributed by atoms with Crippen LogP contribution in [0.1, 0.15) is 13.8 Å². The molecule has 2 heterocycles. The molecule has 5 nitrogen and oxygen atoms in total. The van der Waals surface area contributed by atoms with Crippen LogP contribution in [-0.2, 0) is 0 Å². The van der Waals surface area contributed by atoms with Crippen LogP contribution < -0.4 is 9.62 Å².